The predicted octanol–water partition coefficient (Wildman–Crippen LogP) is 1.82. The zero-order valence-electron chi connectivity index (χ0n) is 16.5. The van der Waals surface area contributed by atoms with Crippen molar-refractivity contribution in [1.82, 2.24) is 9.78 Å². The van der Waals surface area contributed by atoms with Crippen molar-refractivity contribution < 1.29 is 24.2 Å². The van der Waals surface area contributed by atoms with Crippen LogP contribution in [0.25, 0.3) is 5.69 Å². The Morgan fingerprint density at radius 3 is 2.61 bits per heavy atom. The molecule has 0 unspecified atom stereocenters. The Hall–Kier alpha value is -3.72. The summed E-state index contributed by atoms with van der Waals surface area (Å²) in [5.74, 6) is -0.906. The van der Waals surface area contributed by atoms with E-state index in [0.29, 0.717) is 16.1 Å². The average molecular weight is 420 g/mol. The number of esters is 1. The molecule has 0 radical (unpaired) electrons. The van der Waals surface area contributed by atoms with Gasteiger partial charge in [0, 0.05) is 18.3 Å². The third-order valence-electron chi connectivity index (χ3n) is 6.09. The van der Waals surface area contributed by atoms with Crippen LogP contribution in [-0.4, -0.2) is 32.4 Å². The van der Waals surface area contributed by atoms with Crippen LogP contribution in [0.5, 0.6) is 0 Å². The van der Waals surface area contributed by atoms with E-state index in [2.05, 4.69) is 10.4 Å². The lowest BCUT2D eigenvalue weighted by molar-refractivity contribution is -0.608. The first kappa shape index (κ1) is 19.3. The number of carbonyl (C=O) groups is 2. The number of amides is 1. The van der Waals surface area contributed by atoms with E-state index in [1.807, 2.05) is 30.3 Å². The number of hydrogen-bond donors (Lipinski definition) is 2. The standard InChI is InChI=1S/C22H20N4O5/c27-19-18-16(7-4-13-26(18)30)22(31-19)11-9-21(29,10-12-22)20(28)23-17-8-14-25(24-17)15-5-2-1-3-6-15/h1-8,13-14,29H,9-12H2,(H,23,24,28). The second-order valence-electron chi connectivity index (χ2n) is 7.95. The van der Waals surface area contributed by atoms with Gasteiger partial charge in [0.05, 0.1) is 11.3 Å². The van der Waals surface area contributed by atoms with Crippen molar-refractivity contribution in [2.24, 2.45) is 0 Å². The van der Waals surface area contributed by atoms with Crippen LogP contribution in [0.15, 0.2) is 60.9 Å². The highest BCUT2D eigenvalue weighted by atomic mass is 16.6. The third kappa shape index (κ3) is 3.14. The van der Waals surface area contributed by atoms with Crippen LogP contribution < -0.4 is 10.0 Å². The fraction of sp³-hybridized carbons (Fsp3) is 0.273. The number of rotatable bonds is 3. The van der Waals surface area contributed by atoms with Gasteiger partial charge in [-0.25, -0.2) is 9.48 Å². The van der Waals surface area contributed by atoms with Crippen molar-refractivity contribution in [3.63, 3.8) is 0 Å². The van der Waals surface area contributed by atoms with E-state index in [4.69, 9.17) is 4.74 Å². The van der Waals surface area contributed by atoms with E-state index in [9.17, 15) is 19.9 Å². The van der Waals surface area contributed by atoms with E-state index in [0.717, 1.165) is 5.69 Å². The summed E-state index contributed by atoms with van der Waals surface area (Å²) < 4.78 is 7.70. The van der Waals surface area contributed by atoms with Gasteiger partial charge in [0.15, 0.2) is 12.0 Å². The van der Waals surface area contributed by atoms with Gasteiger partial charge in [0.2, 0.25) is 0 Å². The van der Waals surface area contributed by atoms with Crippen LogP contribution in [0.2, 0.25) is 0 Å². The number of anilines is 1. The van der Waals surface area contributed by atoms with Gasteiger partial charge in [0.25, 0.3) is 5.91 Å². The first-order chi connectivity index (χ1) is 14.9. The van der Waals surface area contributed by atoms with Gasteiger partial charge in [0.1, 0.15) is 11.2 Å². The Bertz CT molecular complexity index is 1170. The van der Waals surface area contributed by atoms with E-state index >= 15 is 0 Å². The Balaban J connectivity index is 1.30. The molecule has 158 valence electrons. The van der Waals surface area contributed by atoms with E-state index in [1.54, 1.807) is 29.1 Å². The molecular weight excluding hydrogens is 400 g/mol. The van der Waals surface area contributed by atoms with Crippen molar-refractivity contribution in [3.05, 3.63) is 77.4 Å². The molecule has 31 heavy (non-hydrogen) atoms. The van der Waals surface area contributed by atoms with Gasteiger partial charge in [-0.05, 0) is 43.9 Å². The molecule has 9 heteroatoms. The number of aromatic nitrogens is 3. The molecule has 1 fully saturated rings. The summed E-state index contributed by atoms with van der Waals surface area (Å²) in [5.41, 5.74) is -1.28. The van der Waals surface area contributed by atoms with E-state index < -0.39 is 23.1 Å². The lowest BCUT2D eigenvalue weighted by Crippen LogP contribution is -2.49. The maximum Gasteiger partial charge on any atom is 0.406 e. The largest absolute Gasteiger partial charge is 0.618 e. The summed E-state index contributed by atoms with van der Waals surface area (Å²) in [6, 6.07) is 14.4. The maximum atomic E-state index is 12.8. The van der Waals surface area contributed by atoms with Crippen LogP contribution in [0.3, 0.4) is 0 Å². The summed E-state index contributed by atoms with van der Waals surface area (Å²) in [6.45, 7) is 0. The number of para-hydroxylation sites is 1. The monoisotopic (exact) mass is 420 g/mol. The first-order valence-corrected chi connectivity index (χ1v) is 10.0. The van der Waals surface area contributed by atoms with Crippen LogP contribution in [0.4, 0.5) is 5.82 Å². The highest BCUT2D eigenvalue weighted by Gasteiger charge is 2.55. The molecule has 2 N–H and O–H groups in total. The number of hydrogen-bond acceptors (Lipinski definition) is 6. The summed E-state index contributed by atoms with van der Waals surface area (Å²) in [4.78, 5) is 25.1. The van der Waals surface area contributed by atoms with Crippen molar-refractivity contribution in [2.45, 2.75) is 36.9 Å². The maximum absolute atomic E-state index is 12.8. The van der Waals surface area contributed by atoms with Crippen LogP contribution in [0.1, 0.15) is 41.7 Å². The summed E-state index contributed by atoms with van der Waals surface area (Å²) in [6.07, 6.45) is 3.60. The topological polar surface area (TPSA) is 120 Å². The van der Waals surface area contributed by atoms with Crippen molar-refractivity contribution in [3.8, 4) is 5.69 Å². The minimum Gasteiger partial charge on any atom is -0.618 e. The third-order valence-corrected chi connectivity index (χ3v) is 6.09. The molecule has 3 aromatic rings. The van der Waals surface area contributed by atoms with Gasteiger partial charge < -0.3 is 20.4 Å². The Labute approximate surface area is 177 Å². The number of ether oxygens (including phenoxy) is 1. The molecular formula is C22H20N4O5. The minimum absolute atomic E-state index is 0.0242. The number of pyridine rings is 1. The van der Waals surface area contributed by atoms with Crippen molar-refractivity contribution >= 4 is 17.7 Å². The van der Waals surface area contributed by atoms with Gasteiger partial charge >= 0.3 is 11.7 Å². The molecule has 1 amide bonds. The fourth-order valence-electron chi connectivity index (χ4n) is 4.35. The highest BCUT2D eigenvalue weighted by Crippen LogP contribution is 2.48. The lowest BCUT2D eigenvalue weighted by Gasteiger charge is -2.39. The van der Waals surface area contributed by atoms with E-state index in [-0.39, 0.29) is 31.4 Å². The van der Waals surface area contributed by atoms with Gasteiger partial charge in [-0.15, -0.1) is 0 Å². The Morgan fingerprint density at radius 1 is 1.13 bits per heavy atom. The normalized spacial score (nSPS) is 24.6. The molecule has 1 spiro atoms. The summed E-state index contributed by atoms with van der Waals surface area (Å²) in [7, 11) is 0. The predicted molar refractivity (Wildman–Crippen MR) is 108 cm³/mol. The first-order valence-electron chi connectivity index (χ1n) is 10.0. The minimum atomic E-state index is -1.63. The summed E-state index contributed by atoms with van der Waals surface area (Å²) in [5, 5.41) is 30.0. The molecule has 2 aromatic heterocycles. The molecule has 1 aliphatic carbocycles. The van der Waals surface area contributed by atoms with Gasteiger partial charge in [-0.1, -0.05) is 18.2 Å². The second-order valence-corrected chi connectivity index (χ2v) is 7.95. The quantitative estimate of drug-likeness (QED) is 0.379. The average Bonchev–Trinajstić information content (AvgIpc) is 3.35. The molecule has 5 rings (SSSR count). The number of nitrogens with one attached hydrogen (secondary N) is 1. The number of aliphatic hydroxyl groups is 1. The van der Waals surface area contributed by atoms with Crippen LogP contribution in [0, 0.1) is 5.21 Å². The zero-order valence-corrected chi connectivity index (χ0v) is 16.5. The molecule has 1 aromatic carbocycles. The van der Waals surface area contributed by atoms with Gasteiger partial charge in [-0.3, -0.25) is 4.79 Å². The Morgan fingerprint density at radius 2 is 1.87 bits per heavy atom. The Kier molecular flexibility index (Phi) is 4.30. The zero-order chi connectivity index (χ0) is 21.6. The SMILES string of the molecule is O=C1OC2(CCC(O)(C(=O)Nc3ccn(-c4ccccc4)n3)CC2)c2ccc[n+]([O-])c21. The smallest absolute Gasteiger partial charge is 0.406 e. The number of carbonyl (C=O) groups excluding carboxylic acids is 2. The number of benzene rings is 1. The van der Waals surface area contributed by atoms with Gasteiger partial charge in [-0.2, -0.15) is 9.83 Å². The highest BCUT2D eigenvalue weighted by molar-refractivity contribution is 5.96. The number of nitrogens with zero attached hydrogens (tertiary/aromatic N) is 3. The van der Waals surface area contributed by atoms with Crippen LogP contribution in [-0.2, 0) is 15.1 Å². The molecule has 1 aliphatic heterocycles. The second kappa shape index (κ2) is 6.92. The van der Waals surface area contributed by atoms with Crippen molar-refractivity contribution in [2.75, 3.05) is 5.32 Å². The summed E-state index contributed by atoms with van der Waals surface area (Å²) >= 11 is 0. The molecule has 3 heterocycles. The molecule has 0 saturated heterocycles. The lowest BCUT2D eigenvalue weighted by atomic mass is 9.73. The molecule has 9 nitrogen and oxygen atoms in total. The van der Waals surface area contributed by atoms with Crippen molar-refractivity contribution in [1.29, 1.82) is 0 Å². The molecule has 0 bridgehead atoms. The number of fused-ring (bicyclic) bond motifs is 2. The molecule has 0 atom stereocenters. The van der Waals surface area contributed by atoms with E-state index in [1.165, 1.54) is 6.20 Å². The molecule has 1 saturated carbocycles. The van der Waals surface area contributed by atoms with Crippen LogP contribution >= 0.6 is 0 Å². The fourth-order valence-corrected chi connectivity index (χ4v) is 4.35. The molecule has 2 aliphatic rings.